The first-order chi connectivity index (χ1) is 12.0. The van der Waals surface area contributed by atoms with E-state index in [9.17, 15) is 18.4 Å². The summed E-state index contributed by atoms with van der Waals surface area (Å²) < 4.78 is 32.1. The molecule has 0 aromatic heterocycles. The molecule has 0 radical (unpaired) electrons. The van der Waals surface area contributed by atoms with Crippen LogP contribution in [0, 0.1) is 11.6 Å². The molecule has 1 fully saturated rings. The van der Waals surface area contributed by atoms with Crippen LogP contribution in [0.3, 0.4) is 0 Å². The molecule has 3 rings (SSSR count). The number of ether oxygens (including phenoxy) is 1. The molecule has 130 valence electrons. The number of cyclic esters (lactones) is 1. The number of hydrogen-bond donors (Lipinski definition) is 0. The maximum absolute atomic E-state index is 14.0. The molecule has 1 saturated heterocycles. The maximum atomic E-state index is 14.0. The monoisotopic (exact) mass is 345 g/mol. The van der Waals surface area contributed by atoms with Crippen molar-refractivity contribution in [2.24, 2.45) is 0 Å². The van der Waals surface area contributed by atoms with Crippen molar-refractivity contribution in [3.8, 4) is 0 Å². The SMILES string of the molecule is C[C@@H](C(=O)N1C(=O)OC[C@@H]1Cc1ccccc1)c1ccc(F)cc1F. The summed E-state index contributed by atoms with van der Waals surface area (Å²) in [6.07, 6.45) is -0.281. The van der Waals surface area contributed by atoms with Crippen LogP contribution in [0.25, 0.3) is 0 Å². The topological polar surface area (TPSA) is 46.6 Å². The fourth-order valence-corrected chi connectivity index (χ4v) is 2.96. The Morgan fingerprint density at radius 2 is 1.96 bits per heavy atom. The summed E-state index contributed by atoms with van der Waals surface area (Å²) in [5, 5.41) is 0. The molecule has 1 aliphatic heterocycles. The molecule has 2 amide bonds. The lowest BCUT2D eigenvalue weighted by Crippen LogP contribution is -2.42. The molecule has 0 spiro atoms. The van der Waals surface area contributed by atoms with E-state index in [0.29, 0.717) is 6.42 Å². The van der Waals surface area contributed by atoms with Crippen LogP contribution in [-0.4, -0.2) is 29.5 Å². The Hall–Kier alpha value is -2.76. The quantitative estimate of drug-likeness (QED) is 0.850. The first kappa shape index (κ1) is 17.1. The van der Waals surface area contributed by atoms with Gasteiger partial charge < -0.3 is 4.74 Å². The van der Waals surface area contributed by atoms with Crippen molar-refractivity contribution in [2.45, 2.75) is 25.3 Å². The van der Waals surface area contributed by atoms with E-state index >= 15 is 0 Å². The molecule has 0 saturated carbocycles. The number of amides is 2. The van der Waals surface area contributed by atoms with Crippen molar-refractivity contribution in [3.63, 3.8) is 0 Å². The van der Waals surface area contributed by atoms with Gasteiger partial charge in [0, 0.05) is 11.6 Å². The second-order valence-electron chi connectivity index (χ2n) is 6.02. The Morgan fingerprint density at radius 3 is 2.64 bits per heavy atom. The zero-order valence-electron chi connectivity index (χ0n) is 13.6. The van der Waals surface area contributed by atoms with Crippen molar-refractivity contribution in [3.05, 3.63) is 71.3 Å². The van der Waals surface area contributed by atoms with Crippen LogP contribution >= 0.6 is 0 Å². The van der Waals surface area contributed by atoms with Crippen molar-refractivity contribution in [2.75, 3.05) is 6.61 Å². The largest absolute Gasteiger partial charge is 0.447 e. The molecule has 4 nitrogen and oxygen atoms in total. The summed E-state index contributed by atoms with van der Waals surface area (Å²) >= 11 is 0. The number of nitrogens with zero attached hydrogens (tertiary/aromatic N) is 1. The summed E-state index contributed by atoms with van der Waals surface area (Å²) in [7, 11) is 0. The molecule has 0 aliphatic carbocycles. The van der Waals surface area contributed by atoms with Gasteiger partial charge >= 0.3 is 6.09 Å². The molecule has 6 heteroatoms. The minimum atomic E-state index is -0.926. The van der Waals surface area contributed by atoms with Gasteiger partial charge in [0.25, 0.3) is 0 Å². The van der Waals surface area contributed by atoms with Crippen molar-refractivity contribution >= 4 is 12.0 Å². The molecule has 0 N–H and O–H groups in total. The highest BCUT2D eigenvalue weighted by atomic mass is 19.1. The summed E-state index contributed by atoms with van der Waals surface area (Å²) in [6, 6.07) is 12.0. The average molecular weight is 345 g/mol. The van der Waals surface area contributed by atoms with Crippen molar-refractivity contribution in [1.29, 1.82) is 0 Å². The lowest BCUT2D eigenvalue weighted by Gasteiger charge is -2.23. The van der Waals surface area contributed by atoms with E-state index in [1.165, 1.54) is 13.0 Å². The van der Waals surface area contributed by atoms with E-state index in [2.05, 4.69) is 0 Å². The summed E-state index contributed by atoms with van der Waals surface area (Å²) in [6.45, 7) is 1.59. The molecule has 0 bridgehead atoms. The van der Waals surface area contributed by atoms with Gasteiger partial charge in [-0.1, -0.05) is 36.4 Å². The molecule has 1 heterocycles. The van der Waals surface area contributed by atoms with E-state index in [1.54, 1.807) is 0 Å². The minimum absolute atomic E-state index is 0.0459. The normalized spacial score (nSPS) is 18.1. The van der Waals surface area contributed by atoms with Gasteiger partial charge in [-0.3, -0.25) is 4.79 Å². The highest BCUT2D eigenvalue weighted by Crippen LogP contribution is 2.26. The second kappa shape index (κ2) is 7.01. The predicted molar refractivity (Wildman–Crippen MR) is 86.9 cm³/mol. The average Bonchev–Trinajstić information content (AvgIpc) is 2.95. The van der Waals surface area contributed by atoms with Crippen LogP contribution in [0.1, 0.15) is 24.0 Å². The van der Waals surface area contributed by atoms with Crippen LogP contribution in [0.5, 0.6) is 0 Å². The lowest BCUT2D eigenvalue weighted by molar-refractivity contribution is -0.130. The third-order valence-electron chi connectivity index (χ3n) is 4.31. The Labute approximate surface area is 144 Å². The Kier molecular flexibility index (Phi) is 4.79. The van der Waals surface area contributed by atoms with Gasteiger partial charge in [0.2, 0.25) is 5.91 Å². The Balaban J connectivity index is 1.81. The van der Waals surface area contributed by atoms with Gasteiger partial charge in [0.1, 0.15) is 18.2 Å². The Morgan fingerprint density at radius 1 is 1.24 bits per heavy atom. The number of imide groups is 1. The van der Waals surface area contributed by atoms with E-state index in [-0.39, 0.29) is 12.2 Å². The van der Waals surface area contributed by atoms with E-state index in [4.69, 9.17) is 4.74 Å². The summed E-state index contributed by atoms with van der Waals surface area (Å²) in [5.41, 5.74) is 1.01. The summed E-state index contributed by atoms with van der Waals surface area (Å²) in [4.78, 5) is 25.8. The molecule has 0 unspecified atom stereocenters. The third-order valence-corrected chi connectivity index (χ3v) is 4.31. The molecular formula is C19H17F2NO3. The van der Waals surface area contributed by atoms with Crippen LogP contribution in [0.2, 0.25) is 0 Å². The van der Waals surface area contributed by atoms with Crippen molar-refractivity contribution < 1.29 is 23.1 Å². The number of carbonyl (C=O) groups is 2. The van der Waals surface area contributed by atoms with Crippen molar-refractivity contribution in [1.82, 2.24) is 4.90 Å². The second-order valence-corrected chi connectivity index (χ2v) is 6.02. The van der Waals surface area contributed by atoms with Crippen LogP contribution in [-0.2, 0) is 16.0 Å². The van der Waals surface area contributed by atoms with Gasteiger partial charge in [0.05, 0.1) is 12.0 Å². The number of halogens is 2. The van der Waals surface area contributed by atoms with Gasteiger partial charge in [-0.25, -0.2) is 18.5 Å². The van der Waals surface area contributed by atoms with Gasteiger partial charge in [0.15, 0.2) is 0 Å². The number of hydrogen-bond acceptors (Lipinski definition) is 3. The fourth-order valence-electron chi connectivity index (χ4n) is 2.96. The van der Waals surface area contributed by atoms with E-state index < -0.39 is 35.6 Å². The van der Waals surface area contributed by atoms with Crippen LogP contribution < -0.4 is 0 Å². The highest BCUT2D eigenvalue weighted by Gasteiger charge is 2.40. The molecule has 2 aromatic carbocycles. The van der Waals surface area contributed by atoms with Gasteiger partial charge in [-0.05, 0) is 25.0 Å². The molecular weight excluding hydrogens is 328 g/mol. The number of rotatable bonds is 4. The minimum Gasteiger partial charge on any atom is -0.447 e. The first-order valence-electron chi connectivity index (χ1n) is 7.96. The zero-order valence-corrected chi connectivity index (χ0v) is 13.6. The Bertz CT molecular complexity index is 795. The summed E-state index contributed by atoms with van der Waals surface area (Å²) in [5.74, 6) is -3.02. The maximum Gasteiger partial charge on any atom is 0.417 e. The molecule has 1 aliphatic rings. The van der Waals surface area contributed by atoms with E-state index in [0.717, 1.165) is 22.6 Å². The fraction of sp³-hybridized carbons (Fsp3) is 0.263. The molecule has 2 atom stereocenters. The van der Waals surface area contributed by atoms with Crippen LogP contribution in [0.4, 0.5) is 13.6 Å². The number of benzene rings is 2. The molecule has 2 aromatic rings. The third kappa shape index (κ3) is 3.52. The highest BCUT2D eigenvalue weighted by molar-refractivity contribution is 5.97. The predicted octanol–water partition coefficient (Wildman–Crippen LogP) is 3.66. The van der Waals surface area contributed by atoms with Crippen LogP contribution in [0.15, 0.2) is 48.5 Å². The number of carbonyl (C=O) groups excluding carboxylic acids is 2. The first-order valence-corrected chi connectivity index (χ1v) is 7.96. The zero-order chi connectivity index (χ0) is 18.0. The lowest BCUT2D eigenvalue weighted by atomic mass is 9.97. The van der Waals surface area contributed by atoms with Gasteiger partial charge in [-0.15, -0.1) is 0 Å². The van der Waals surface area contributed by atoms with Gasteiger partial charge in [-0.2, -0.15) is 0 Å². The standard InChI is InChI=1S/C19H17F2NO3/c1-12(16-8-7-14(20)10-17(16)21)18(23)22-15(11-25-19(22)24)9-13-5-3-2-4-6-13/h2-8,10,12,15H,9,11H2,1H3/t12-,15+/m1/s1. The van der Waals surface area contributed by atoms with E-state index in [1.807, 2.05) is 30.3 Å². The smallest absolute Gasteiger partial charge is 0.417 e. The molecule has 25 heavy (non-hydrogen) atoms.